The molecule has 0 radical (unpaired) electrons. The first-order valence-corrected chi connectivity index (χ1v) is 7.99. The van der Waals surface area contributed by atoms with E-state index in [0.717, 1.165) is 22.3 Å². The summed E-state index contributed by atoms with van der Waals surface area (Å²) in [5.74, 6) is 0.256. The third-order valence-corrected chi connectivity index (χ3v) is 4.01. The van der Waals surface area contributed by atoms with Gasteiger partial charge < -0.3 is 10.5 Å². The van der Waals surface area contributed by atoms with E-state index in [4.69, 9.17) is 22.1 Å². The molecule has 0 saturated carbocycles. The Bertz CT molecular complexity index is 840. The van der Waals surface area contributed by atoms with Gasteiger partial charge in [-0.2, -0.15) is 0 Å². The molecule has 3 rings (SSSR count). The standard InChI is InChI=1S/C20H17ClFNO.ClH/c21-19-7-6-16(11-20(19)22)17-8-15(12-23)9-18(10-17)24-13-14-4-2-1-3-5-14;/h1-11H,12-13,23H2;1H. The lowest BCUT2D eigenvalue weighted by Crippen LogP contribution is -2.00. The van der Waals surface area contributed by atoms with Gasteiger partial charge >= 0.3 is 0 Å². The molecule has 0 aliphatic carbocycles. The quantitative estimate of drug-likeness (QED) is 0.627. The zero-order valence-corrected chi connectivity index (χ0v) is 15.0. The molecule has 0 spiro atoms. The van der Waals surface area contributed by atoms with Gasteiger partial charge in [0.15, 0.2) is 0 Å². The van der Waals surface area contributed by atoms with Crippen LogP contribution in [0.1, 0.15) is 11.1 Å². The lowest BCUT2D eigenvalue weighted by atomic mass is 10.0. The molecule has 2 nitrogen and oxygen atoms in total. The fourth-order valence-corrected chi connectivity index (χ4v) is 2.56. The average molecular weight is 378 g/mol. The van der Waals surface area contributed by atoms with E-state index in [0.29, 0.717) is 18.9 Å². The van der Waals surface area contributed by atoms with Crippen molar-refractivity contribution in [2.24, 2.45) is 5.73 Å². The second kappa shape index (κ2) is 8.86. The fourth-order valence-electron chi connectivity index (χ4n) is 2.45. The maximum atomic E-state index is 13.7. The van der Waals surface area contributed by atoms with E-state index in [1.165, 1.54) is 6.07 Å². The Hall–Kier alpha value is -2.07. The van der Waals surface area contributed by atoms with Crippen LogP contribution in [0.2, 0.25) is 5.02 Å². The molecule has 0 heterocycles. The summed E-state index contributed by atoms with van der Waals surface area (Å²) in [6.07, 6.45) is 0. The molecule has 0 aliphatic heterocycles. The van der Waals surface area contributed by atoms with Crippen molar-refractivity contribution in [3.8, 4) is 16.9 Å². The van der Waals surface area contributed by atoms with Gasteiger partial charge in [0, 0.05) is 6.54 Å². The van der Waals surface area contributed by atoms with Crippen LogP contribution < -0.4 is 10.5 Å². The Morgan fingerprint density at radius 2 is 1.64 bits per heavy atom. The van der Waals surface area contributed by atoms with Gasteiger partial charge in [-0.1, -0.05) is 48.0 Å². The van der Waals surface area contributed by atoms with E-state index < -0.39 is 5.82 Å². The van der Waals surface area contributed by atoms with Crippen molar-refractivity contribution in [1.29, 1.82) is 0 Å². The summed E-state index contributed by atoms with van der Waals surface area (Å²) in [6.45, 7) is 0.842. The van der Waals surface area contributed by atoms with Crippen molar-refractivity contribution >= 4 is 24.0 Å². The van der Waals surface area contributed by atoms with E-state index in [1.807, 2.05) is 48.5 Å². The second-order valence-electron chi connectivity index (χ2n) is 5.47. The Labute approximate surface area is 157 Å². The van der Waals surface area contributed by atoms with Crippen molar-refractivity contribution in [1.82, 2.24) is 0 Å². The van der Waals surface area contributed by atoms with Gasteiger partial charge in [-0.3, -0.25) is 0 Å². The van der Waals surface area contributed by atoms with Crippen molar-refractivity contribution < 1.29 is 9.13 Å². The van der Waals surface area contributed by atoms with Gasteiger partial charge in [-0.15, -0.1) is 12.4 Å². The van der Waals surface area contributed by atoms with Crippen molar-refractivity contribution in [3.05, 3.63) is 88.7 Å². The summed E-state index contributed by atoms with van der Waals surface area (Å²) >= 11 is 5.76. The molecule has 0 aromatic heterocycles. The third-order valence-electron chi connectivity index (χ3n) is 3.70. The smallest absolute Gasteiger partial charge is 0.142 e. The molecule has 5 heteroatoms. The van der Waals surface area contributed by atoms with E-state index in [2.05, 4.69) is 0 Å². The molecule has 3 aromatic carbocycles. The SMILES string of the molecule is Cl.NCc1cc(OCc2ccccc2)cc(-c2ccc(Cl)c(F)c2)c1. The lowest BCUT2D eigenvalue weighted by molar-refractivity contribution is 0.306. The first kappa shape index (κ1) is 19.3. The van der Waals surface area contributed by atoms with Crippen LogP contribution in [0, 0.1) is 5.82 Å². The number of halogens is 3. The first-order chi connectivity index (χ1) is 11.7. The van der Waals surface area contributed by atoms with E-state index in [-0.39, 0.29) is 17.4 Å². The largest absolute Gasteiger partial charge is 0.489 e. The molecular weight excluding hydrogens is 360 g/mol. The van der Waals surface area contributed by atoms with Crippen molar-refractivity contribution in [2.75, 3.05) is 0 Å². The Morgan fingerprint density at radius 1 is 0.880 bits per heavy atom. The molecule has 0 aliphatic rings. The van der Waals surface area contributed by atoms with Gasteiger partial charge in [0.2, 0.25) is 0 Å². The van der Waals surface area contributed by atoms with Crippen LogP contribution in [-0.2, 0) is 13.2 Å². The summed E-state index contributed by atoms with van der Waals surface area (Å²) in [5, 5.41) is 0.106. The Kier molecular flexibility index (Phi) is 6.82. The summed E-state index contributed by atoms with van der Waals surface area (Å²) < 4.78 is 19.6. The van der Waals surface area contributed by atoms with Crippen molar-refractivity contribution in [2.45, 2.75) is 13.2 Å². The highest BCUT2D eigenvalue weighted by Crippen LogP contribution is 2.29. The predicted molar refractivity (Wildman–Crippen MR) is 103 cm³/mol. The van der Waals surface area contributed by atoms with Crippen LogP contribution in [0.4, 0.5) is 4.39 Å². The molecule has 0 fully saturated rings. The van der Waals surface area contributed by atoms with Crippen LogP contribution in [0.3, 0.4) is 0 Å². The Balaban J connectivity index is 0.00000225. The van der Waals surface area contributed by atoms with Crippen molar-refractivity contribution in [3.63, 3.8) is 0 Å². The number of nitrogens with two attached hydrogens (primary N) is 1. The maximum absolute atomic E-state index is 13.7. The van der Waals surface area contributed by atoms with Gasteiger partial charge in [-0.25, -0.2) is 4.39 Å². The molecule has 2 N–H and O–H groups in total. The summed E-state index contributed by atoms with van der Waals surface area (Å²) in [6, 6.07) is 20.4. The molecule has 0 unspecified atom stereocenters. The number of benzene rings is 3. The normalized spacial score (nSPS) is 10.2. The number of rotatable bonds is 5. The molecular formula is C20H18Cl2FNO. The predicted octanol–water partition coefficient (Wildman–Crippen LogP) is 5.61. The zero-order chi connectivity index (χ0) is 16.9. The van der Waals surface area contributed by atoms with Gasteiger partial charge in [0.25, 0.3) is 0 Å². The van der Waals surface area contributed by atoms with Crippen LogP contribution in [0.5, 0.6) is 5.75 Å². The Morgan fingerprint density at radius 3 is 2.32 bits per heavy atom. The highest BCUT2D eigenvalue weighted by atomic mass is 35.5. The summed E-state index contributed by atoms with van der Waals surface area (Å²) in [7, 11) is 0. The van der Waals surface area contributed by atoms with E-state index in [9.17, 15) is 4.39 Å². The van der Waals surface area contributed by atoms with Gasteiger partial charge in [0.05, 0.1) is 5.02 Å². The minimum atomic E-state index is -0.445. The molecule has 0 amide bonds. The van der Waals surface area contributed by atoms with Crippen LogP contribution in [-0.4, -0.2) is 0 Å². The van der Waals surface area contributed by atoms with Crippen LogP contribution >= 0.6 is 24.0 Å². The summed E-state index contributed by atoms with van der Waals surface area (Å²) in [5.41, 5.74) is 9.35. The van der Waals surface area contributed by atoms with E-state index in [1.54, 1.807) is 12.1 Å². The van der Waals surface area contributed by atoms with E-state index >= 15 is 0 Å². The second-order valence-corrected chi connectivity index (χ2v) is 5.88. The molecule has 0 saturated heterocycles. The van der Waals surface area contributed by atoms with Gasteiger partial charge in [-0.05, 0) is 52.6 Å². The highest BCUT2D eigenvalue weighted by Gasteiger charge is 2.07. The molecule has 3 aromatic rings. The number of hydrogen-bond acceptors (Lipinski definition) is 2. The fraction of sp³-hybridized carbons (Fsp3) is 0.100. The average Bonchev–Trinajstić information content (AvgIpc) is 2.63. The summed E-state index contributed by atoms with van der Waals surface area (Å²) in [4.78, 5) is 0. The van der Waals surface area contributed by atoms with Crippen LogP contribution in [0.25, 0.3) is 11.1 Å². The monoisotopic (exact) mass is 377 g/mol. The van der Waals surface area contributed by atoms with Crippen LogP contribution in [0.15, 0.2) is 66.7 Å². The number of hydrogen-bond donors (Lipinski definition) is 1. The highest BCUT2D eigenvalue weighted by molar-refractivity contribution is 6.30. The molecule has 0 bridgehead atoms. The topological polar surface area (TPSA) is 35.2 Å². The molecule has 130 valence electrons. The minimum absolute atomic E-state index is 0. The minimum Gasteiger partial charge on any atom is -0.489 e. The number of ether oxygens (including phenoxy) is 1. The molecule has 0 atom stereocenters. The molecule has 25 heavy (non-hydrogen) atoms. The van der Waals surface area contributed by atoms with Gasteiger partial charge in [0.1, 0.15) is 18.2 Å². The zero-order valence-electron chi connectivity index (χ0n) is 13.4. The first-order valence-electron chi connectivity index (χ1n) is 7.62. The third kappa shape index (κ3) is 4.95. The lowest BCUT2D eigenvalue weighted by Gasteiger charge is -2.11. The maximum Gasteiger partial charge on any atom is 0.142 e.